The monoisotopic (exact) mass is 286 g/mol. The summed E-state index contributed by atoms with van der Waals surface area (Å²) in [5.41, 5.74) is 3.50. The second-order valence-electron chi connectivity index (χ2n) is 5.21. The fraction of sp³-hybridized carbons (Fsp3) is 0.375. The third-order valence-electron chi connectivity index (χ3n) is 3.81. The normalized spacial score (nSPS) is 13.4. The van der Waals surface area contributed by atoms with Gasteiger partial charge in [-0.25, -0.2) is 0 Å². The SMILES string of the molecule is CCOCC(=O)Nc1ccc2c3c(c(=O)[nH]c2c1)CCC3. The van der Waals surface area contributed by atoms with Gasteiger partial charge in [-0.1, -0.05) is 6.07 Å². The molecule has 2 N–H and O–H groups in total. The first kappa shape index (κ1) is 13.8. The molecule has 1 heterocycles. The number of aromatic nitrogens is 1. The molecule has 0 bridgehead atoms. The van der Waals surface area contributed by atoms with Gasteiger partial charge in [0.2, 0.25) is 5.91 Å². The van der Waals surface area contributed by atoms with Crippen molar-refractivity contribution in [3.05, 3.63) is 39.7 Å². The number of benzene rings is 1. The Hall–Kier alpha value is -2.14. The zero-order chi connectivity index (χ0) is 14.8. The molecule has 5 nitrogen and oxygen atoms in total. The van der Waals surface area contributed by atoms with E-state index in [9.17, 15) is 9.59 Å². The number of carbonyl (C=O) groups is 1. The molecule has 1 aromatic heterocycles. The number of aromatic amines is 1. The molecule has 0 aliphatic heterocycles. The largest absolute Gasteiger partial charge is 0.372 e. The lowest BCUT2D eigenvalue weighted by Gasteiger charge is -2.09. The van der Waals surface area contributed by atoms with Crippen molar-refractivity contribution in [1.82, 2.24) is 4.98 Å². The highest BCUT2D eigenvalue weighted by atomic mass is 16.5. The highest BCUT2D eigenvalue weighted by molar-refractivity contribution is 5.95. The lowest BCUT2D eigenvalue weighted by atomic mass is 10.1. The van der Waals surface area contributed by atoms with Crippen molar-refractivity contribution >= 4 is 22.5 Å². The lowest BCUT2D eigenvalue weighted by Crippen LogP contribution is -2.18. The van der Waals surface area contributed by atoms with Gasteiger partial charge in [-0.05, 0) is 43.9 Å². The number of anilines is 1. The fourth-order valence-electron chi connectivity index (χ4n) is 2.87. The molecule has 0 radical (unpaired) electrons. The zero-order valence-corrected chi connectivity index (χ0v) is 12.0. The molecule has 0 unspecified atom stereocenters. The van der Waals surface area contributed by atoms with Crippen molar-refractivity contribution in [2.24, 2.45) is 0 Å². The number of rotatable bonds is 4. The summed E-state index contributed by atoms with van der Waals surface area (Å²) in [6.45, 7) is 2.38. The van der Waals surface area contributed by atoms with E-state index >= 15 is 0 Å². The maximum absolute atomic E-state index is 12.0. The van der Waals surface area contributed by atoms with Gasteiger partial charge < -0.3 is 15.0 Å². The summed E-state index contributed by atoms with van der Waals surface area (Å²) < 4.78 is 5.06. The Kier molecular flexibility index (Phi) is 3.75. The molecule has 0 atom stereocenters. The van der Waals surface area contributed by atoms with Gasteiger partial charge in [0.15, 0.2) is 0 Å². The molecule has 21 heavy (non-hydrogen) atoms. The van der Waals surface area contributed by atoms with Crippen LogP contribution in [0.5, 0.6) is 0 Å². The summed E-state index contributed by atoms with van der Waals surface area (Å²) in [6.07, 6.45) is 2.84. The predicted octanol–water partition coefficient (Wildman–Crippen LogP) is 1.99. The van der Waals surface area contributed by atoms with E-state index < -0.39 is 0 Å². The predicted molar refractivity (Wildman–Crippen MR) is 81.7 cm³/mol. The topological polar surface area (TPSA) is 71.2 Å². The molecule has 110 valence electrons. The standard InChI is InChI=1S/C16H18N2O3/c1-2-21-9-15(19)17-10-6-7-12-11-4-3-5-13(11)16(20)18-14(12)8-10/h6-8H,2-5,9H2,1H3,(H,17,19)(H,18,20). The Morgan fingerprint density at radius 1 is 1.33 bits per heavy atom. The molecule has 1 aliphatic rings. The first-order valence-corrected chi connectivity index (χ1v) is 7.24. The molecule has 0 saturated carbocycles. The van der Waals surface area contributed by atoms with Crippen LogP contribution in [-0.4, -0.2) is 24.1 Å². The quantitative estimate of drug-likeness (QED) is 0.903. The van der Waals surface area contributed by atoms with E-state index in [0.717, 1.165) is 41.3 Å². The van der Waals surface area contributed by atoms with E-state index in [1.165, 1.54) is 0 Å². The van der Waals surface area contributed by atoms with E-state index in [1.54, 1.807) is 6.07 Å². The highest BCUT2D eigenvalue weighted by Gasteiger charge is 2.17. The van der Waals surface area contributed by atoms with Crippen molar-refractivity contribution in [2.75, 3.05) is 18.5 Å². The van der Waals surface area contributed by atoms with Crippen LogP contribution in [0.1, 0.15) is 24.5 Å². The number of nitrogens with one attached hydrogen (secondary N) is 2. The van der Waals surface area contributed by atoms with Gasteiger partial charge in [0.25, 0.3) is 5.56 Å². The summed E-state index contributed by atoms with van der Waals surface area (Å²) in [5, 5.41) is 3.84. The first-order chi connectivity index (χ1) is 10.2. The number of ether oxygens (including phenoxy) is 1. The van der Waals surface area contributed by atoms with E-state index in [-0.39, 0.29) is 18.1 Å². The van der Waals surface area contributed by atoms with E-state index in [2.05, 4.69) is 10.3 Å². The molecule has 0 saturated heterocycles. The third-order valence-corrected chi connectivity index (χ3v) is 3.81. The number of hydrogen-bond donors (Lipinski definition) is 2. The zero-order valence-electron chi connectivity index (χ0n) is 12.0. The minimum atomic E-state index is -0.195. The number of amides is 1. The molecule has 0 fully saturated rings. The number of pyridine rings is 1. The van der Waals surface area contributed by atoms with Crippen LogP contribution < -0.4 is 10.9 Å². The summed E-state index contributed by atoms with van der Waals surface area (Å²) in [7, 11) is 0. The summed E-state index contributed by atoms with van der Waals surface area (Å²) in [4.78, 5) is 26.6. The molecular weight excluding hydrogens is 268 g/mol. The van der Waals surface area contributed by atoms with Gasteiger partial charge in [0.1, 0.15) is 6.61 Å². The van der Waals surface area contributed by atoms with Gasteiger partial charge in [-0.2, -0.15) is 0 Å². The van der Waals surface area contributed by atoms with E-state index in [0.29, 0.717) is 12.3 Å². The average molecular weight is 286 g/mol. The first-order valence-electron chi connectivity index (χ1n) is 7.24. The van der Waals surface area contributed by atoms with Gasteiger partial charge in [-0.15, -0.1) is 0 Å². The van der Waals surface area contributed by atoms with Crippen molar-refractivity contribution in [1.29, 1.82) is 0 Å². The third kappa shape index (κ3) is 2.69. The van der Waals surface area contributed by atoms with Crippen LogP contribution >= 0.6 is 0 Å². The summed E-state index contributed by atoms with van der Waals surface area (Å²) >= 11 is 0. The number of aryl methyl sites for hydroxylation is 1. The molecule has 1 aliphatic carbocycles. The van der Waals surface area contributed by atoms with Crippen molar-refractivity contribution in [2.45, 2.75) is 26.2 Å². The number of hydrogen-bond acceptors (Lipinski definition) is 3. The van der Waals surface area contributed by atoms with Crippen LogP contribution in [0.15, 0.2) is 23.0 Å². The summed E-state index contributed by atoms with van der Waals surface area (Å²) in [5.74, 6) is -0.195. The molecule has 5 heteroatoms. The Balaban J connectivity index is 1.92. The van der Waals surface area contributed by atoms with Crippen LogP contribution in [-0.2, 0) is 22.4 Å². The van der Waals surface area contributed by atoms with Gasteiger partial charge in [-0.3, -0.25) is 9.59 Å². The minimum absolute atomic E-state index is 0.00667. The van der Waals surface area contributed by atoms with Crippen LogP contribution in [0, 0.1) is 0 Å². The van der Waals surface area contributed by atoms with Gasteiger partial charge in [0, 0.05) is 23.2 Å². The molecule has 1 amide bonds. The second kappa shape index (κ2) is 5.69. The molecular formula is C16H18N2O3. The molecule has 3 rings (SSSR count). The van der Waals surface area contributed by atoms with Crippen LogP contribution in [0.4, 0.5) is 5.69 Å². The number of H-pyrrole nitrogens is 1. The Morgan fingerprint density at radius 2 is 2.14 bits per heavy atom. The van der Waals surface area contributed by atoms with E-state index in [1.807, 2.05) is 19.1 Å². The maximum atomic E-state index is 12.0. The smallest absolute Gasteiger partial charge is 0.251 e. The van der Waals surface area contributed by atoms with Crippen LogP contribution in [0.3, 0.4) is 0 Å². The van der Waals surface area contributed by atoms with Gasteiger partial charge >= 0.3 is 0 Å². The fourth-order valence-corrected chi connectivity index (χ4v) is 2.87. The number of carbonyl (C=O) groups excluding carboxylic acids is 1. The Labute approximate surface area is 122 Å². The lowest BCUT2D eigenvalue weighted by molar-refractivity contribution is -0.120. The van der Waals surface area contributed by atoms with E-state index in [4.69, 9.17) is 4.74 Å². The summed E-state index contributed by atoms with van der Waals surface area (Å²) in [6, 6.07) is 5.63. The Bertz CT molecular complexity index is 749. The van der Waals surface area contributed by atoms with Crippen LogP contribution in [0.2, 0.25) is 0 Å². The molecule has 2 aromatic rings. The highest BCUT2D eigenvalue weighted by Crippen LogP contribution is 2.27. The van der Waals surface area contributed by atoms with Crippen LogP contribution in [0.25, 0.3) is 10.9 Å². The maximum Gasteiger partial charge on any atom is 0.251 e. The van der Waals surface area contributed by atoms with Crippen molar-refractivity contribution < 1.29 is 9.53 Å². The second-order valence-corrected chi connectivity index (χ2v) is 5.21. The minimum Gasteiger partial charge on any atom is -0.372 e. The van der Waals surface area contributed by atoms with Crippen molar-refractivity contribution in [3.63, 3.8) is 0 Å². The number of fused-ring (bicyclic) bond motifs is 3. The average Bonchev–Trinajstić information content (AvgIpc) is 2.95. The van der Waals surface area contributed by atoms with Crippen molar-refractivity contribution in [3.8, 4) is 0 Å². The van der Waals surface area contributed by atoms with Gasteiger partial charge in [0.05, 0.1) is 5.52 Å². The molecule has 0 spiro atoms. The molecule has 1 aromatic carbocycles. The Morgan fingerprint density at radius 3 is 2.95 bits per heavy atom.